The molecule has 0 saturated heterocycles. The maximum absolute atomic E-state index is 12.4. The minimum atomic E-state index is -0.429. The van der Waals surface area contributed by atoms with E-state index in [1.165, 1.54) is 5.56 Å². The highest BCUT2D eigenvalue weighted by Gasteiger charge is 2.14. The highest BCUT2D eigenvalue weighted by atomic mass is 35.5. The molecule has 0 unspecified atom stereocenters. The lowest BCUT2D eigenvalue weighted by Crippen LogP contribution is -2.12. The number of nitrogens with zero attached hydrogens (tertiary/aromatic N) is 3. The molecule has 0 bridgehead atoms. The van der Waals surface area contributed by atoms with E-state index >= 15 is 0 Å². The van der Waals surface area contributed by atoms with Crippen molar-refractivity contribution < 1.29 is 13.9 Å². The van der Waals surface area contributed by atoms with Crippen molar-refractivity contribution in [2.75, 3.05) is 5.32 Å². The summed E-state index contributed by atoms with van der Waals surface area (Å²) in [6, 6.07) is 16.8. The van der Waals surface area contributed by atoms with Gasteiger partial charge >= 0.3 is 0 Å². The first-order valence-electron chi connectivity index (χ1n) is 9.70. The number of aryl methyl sites for hydroxylation is 2. The van der Waals surface area contributed by atoms with Crippen molar-refractivity contribution in [3.05, 3.63) is 94.2 Å². The largest absolute Gasteiger partial charge is 0.486 e. The topological polar surface area (TPSA) is 82.2 Å². The standard InChI is InChI=1S/C23H21ClN4O3/c1-15-4-3-5-17(10-15)12-28-14-25-23(27-28)26-22(29)21-9-7-19(31-21)13-30-18-6-8-20(24)16(2)11-18/h3-11,14H,12-13H2,1-2H3,(H,26,27,29). The molecule has 31 heavy (non-hydrogen) atoms. The first-order valence-corrected chi connectivity index (χ1v) is 10.1. The molecule has 2 heterocycles. The maximum Gasteiger partial charge on any atom is 0.293 e. The van der Waals surface area contributed by atoms with Crippen LogP contribution in [-0.4, -0.2) is 20.7 Å². The van der Waals surface area contributed by atoms with Gasteiger partial charge in [0.1, 0.15) is 24.4 Å². The molecule has 0 radical (unpaired) electrons. The summed E-state index contributed by atoms with van der Waals surface area (Å²) in [4.78, 5) is 16.6. The number of carbonyl (C=O) groups excluding carboxylic acids is 1. The van der Waals surface area contributed by atoms with E-state index in [1.807, 2.05) is 38.1 Å². The molecule has 0 saturated carbocycles. The number of furan rings is 1. The predicted molar refractivity (Wildman–Crippen MR) is 117 cm³/mol. The Morgan fingerprint density at radius 3 is 2.84 bits per heavy atom. The molecule has 0 spiro atoms. The highest BCUT2D eigenvalue weighted by Crippen LogP contribution is 2.22. The minimum Gasteiger partial charge on any atom is -0.486 e. The van der Waals surface area contributed by atoms with Crippen LogP contribution in [0.3, 0.4) is 0 Å². The van der Waals surface area contributed by atoms with Crippen LogP contribution in [0.1, 0.15) is 33.0 Å². The number of carbonyl (C=O) groups is 1. The van der Waals surface area contributed by atoms with Crippen LogP contribution >= 0.6 is 11.6 Å². The SMILES string of the molecule is Cc1cccc(Cn2cnc(NC(=O)c3ccc(COc4ccc(Cl)c(C)c4)o3)n2)c1. The second-order valence-electron chi connectivity index (χ2n) is 7.17. The van der Waals surface area contributed by atoms with E-state index in [2.05, 4.69) is 21.5 Å². The van der Waals surface area contributed by atoms with Crippen molar-refractivity contribution in [1.82, 2.24) is 14.8 Å². The number of hydrogen-bond acceptors (Lipinski definition) is 5. The predicted octanol–water partition coefficient (Wildman–Crippen LogP) is 5.02. The number of nitrogens with one attached hydrogen (secondary N) is 1. The van der Waals surface area contributed by atoms with Crippen molar-refractivity contribution in [1.29, 1.82) is 0 Å². The molecule has 1 N–H and O–H groups in total. The summed E-state index contributed by atoms with van der Waals surface area (Å²) in [6.07, 6.45) is 1.58. The van der Waals surface area contributed by atoms with Gasteiger partial charge in [0.05, 0.1) is 6.54 Å². The second kappa shape index (κ2) is 9.06. The van der Waals surface area contributed by atoms with E-state index in [-0.39, 0.29) is 18.3 Å². The van der Waals surface area contributed by atoms with E-state index in [9.17, 15) is 4.79 Å². The van der Waals surface area contributed by atoms with Crippen LogP contribution in [0.25, 0.3) is 0 Å². The zero-order valence-corrected chi connectivity index (χ0v) is 17.9. The quantitative estimate of drug-likeness (QED) is 0.439. The molecule has 2 aromatic carbocycles. The van der Waals surface area contributed by atoms with Gasteiger partial charge in [-0.25, -0.2) is 9.67 Å². The lowest BCUT2D eigenvalue weighted by molar-refractivity contribution is 0.0991. The molecule has 0 aliphatic rings. The summed E-state index contributed by atoms with van der Waals surface area (Å²) >= 11 is 6.02. The molecule has 0 atom stereocenters. The number of aromatic nitrogens is 3. The van der Waals surface area contributed by atoms with Crippen molar-refractivity contribution in [3.8, 4) is 5.75 Å². The Bertz CT molecular complexity index is 1220. The number of ether oxygens (including phenoxy) is 1. The zero-order valence-electron chi connectivity index (χ0n) is 17.1. The summed E-state index contributed by atoms with van der Waals surface area (Å²) in [6.45, 7) is 4.70. The van der Waals surface area contributed by atoms with Gasteiger partial charge in [-0.2, -0.15) is 0 Å². The normalized spacial score (nSPS) is 10.8. The summed E-state index contributed by atoms with van der Waals surface area (Å²) in [5, 5.41) is 7.62. The third kappa shape index (κ3) is 5.32. The van der Waals surface area contributed by atoms with Crippen molar-refractivity contribution in [2.24, 2.45) is 0 Å². The van der Waals surface area contributed by atoms with Gasteiger partial charge in [-0.3, -0.25) is 10.1 Å². The van der Waals surface area contributed by atoms with Gasteiger partial charge in [-0.1, -0.05) is 41.4 Å². The van der Waals surface area contributed by atoms with Crippen molar-refractivity contribution in [3.63, 3.8) is 0 Å². The monoisotopic (exact) mass is 436 g/mol. The fourth-order valence-electron chi connectivity index (χ4n) is 3.03. The molecule has 158 valence electrons. The zero-order chi connectivity index (χ0) is 21.8. The molecule has 4 rings (SSSR count). The van der Waals surface area contributed by atoms with E-state index in [1.54, 1.807) is 35.3 Å². The summed E-state index contributed by atoms with van der Waals surface area (Å²) in [7, 11) is 0. The van der Waals surface area contributed by atoms with Gasteiger partial charge in [-0.05, 0) is 55.3 Å². The molecular weight excluding hydrogens is 416 g/mol. The number of hydrogen-bond donors (Lipinski definition) is 1. The average molecular weight is 437 g/mol. The summed E-state index contributed by atoms with van der Waals surface area (Å²) in [5.41, 5.74) is 3.21. The molecule has 8 heteroatoms. The Labute approximate surface area is 184 Å². The molecule has 4 aromatic rings. The van der Waals surface area contributed by atoms with Crippen LogP contribution < -0.4 is 10.1 Å². The number of anilines is 1. The van der Waals surface area contributed by atoms with Crippen LogP contribution in [-0.2, 0) is 13.2 Å². The number of rotatable bonds is 7. The van der Waals surface area contributed by atoms with Gasteiger partial charge in [0.2, 0.25) is 5.95 Å². The Morgan fingerprint density at radius 1 is 1.16 bits per heavy atom. The Morgan fingerprint density at radius 2 is 2.03 bits per heavy atom. The fourth-order valence-corrected chi connectivity index (χ4v) is 3.15. The average Bonchev–Trinajstić information content (AvgIpc) is 3.38. The van der Waals surface area contributed by atoms with Crippen LogP contribution in [0.15, 0.2) is 65.3 Å². The van der Waals surface area contributed by atoms with Crippen molar-refractivity contribution in [2.45, 2.75) is 27.0 Å². The number of amides is 1. The molecular formula is C23H21ClN4O3. The lowest BCUT2D eigenvalue weighted by atomic mass is 10.1. The first-order chi connectivity index (χ1) is 15.0. The Hall–Kier alpha value is -3.58. The van der Waals surface area contributed by atoms with E-state index < -0.39 is 5.91 Å². The third-order valence-electron chi connectivity index (χ3n) is 4.58. The van der Waals surface area contributed by atoms with Gasteiger partial charge in [-0.15, -0.1) is 5.10 Å². The van der Waals surface area contributed by atoms with Gasteiger partial charge < -0.3 is 9.15 Å². The van der Waals surface area contributed by atoms with E-state index in [0.29, 0.717) is 23.1 Å². The van der Waals surface area contributed by atoms with Crippen LogP contribution in [0.5, 0.6) is 5.75 Å². The Kier molecular flexibility index (Phi) is 6.04. The molecule has 0 aliphatic heterocycles. The van der Waals surface area contributed by atoms with Crippen LogP contribution in [0.4, 0.5) is 5.95 Å². The maximum atomic E-state index is 12.4. The summed E-state index contributed by atoms with van der Waals surface area (Å²) in [5.74, 6) is 1.13. The highest BCUT2D eigenvalue weighted by molar-refractivity contribution is 6.31. The second-order valence-corrected chi connectivity index (χ2v) is 7.58. The van der Waals surface area contributed by atoms with Crippen LogP contribution in [0.2, 0.25) is 5.02 Å². The number of halogens is 1. The Balaban J connectivity index is 1.33. The van der Waals surface area contributed by atoms with E-state index in [0.717, 1.165) is 11.1 Å². The smallest absolute Gasteiger partial charge is 0.293 e. The van der Waals surface area contributed by atoms with Gasteiger partial charge in [0, 0.05) is 5.02 Å². The summed E-state index contributed by atoms with van der Waals surface area (Å²) < 4.78 is 12.9. The molecule has 7 nitrogen and oxygen atoms in total. The molecule has 2 aromatic heterocycles. The third-order valence-corrected chi connectivity index (χ3v) is 5.01. The number of benzene rings is 2. The lowest BCUT2D eigenvalue weighted by Gasteiger charge is -2.06. The molecule has 1 amide bonds. The fraction of sp³-hybridized carbons (Fsp3) is 0.174. The first kappa shape index (κ1) is 20.7. The molecule has 0 aliphatic carbocycles. The van der Waals surface area contributed by atoms with Gasteiger partial charge in [0.25, 0.3) is 5.91 Å². The van der Waals surface area contributed by atoms with Crippen LogP contribution in [0, 0.1) is 13.8 Å². The molecule has 0 fully saturated rings. The minimum absolute atomic E-state index is 0.154. The van der Waals surface area contributed by atoms with Gasteiger partial charge in [0.15, 0.2) is 5.76 Å². The van der Waals surface area contributed by atoms with Crippen molar-refractivity contribution >= 4 is 23.5 Å². The van der Waals surface area contributed by atoms with E-state index in [4.69, 9.17) is 20.8 Å².